The van der Waals surface area contributed by atoms with Gasteiger partial charge in [-0.1, -0.05) is 159 Å². The largest absolute Gasteiger partial charge is 0.312 e. The molecule has 1 aliphatic rings. The number of fused-ring (bicyclic) bond motifs is 4. The summed E-state index contributed by atoms with van der Waals surface area (Å²) in [4.78, 5) is 0. The summed E-state index contributed by atoms with van der Waals surface area (Å²) in [5, 5.41) is 15.7. The first-order valence-electron chi connectivity index (χ1n) is 17.5. The molecule has 0 fully saturated rings. The molecule has 0 heterocycles. The Bertz CT molecular complexity index is 2450. The number of nitrogens with two attached hydrogens (primary N) is 1. The van der Waals surface area contributed by atoms with Gasteiger partial charge < -0.3 is 5.73 Å². The quantitative estimate of drug-likeness (QED) is 0.160. The van der Waals surface area contributed by atoms with E-state index in [1.807, 2.05) is 42.5 Å². The lowest BCUT2D eigenvalue weighted by Gasteiger charge is -2.24. The van der Waals surface area contributed by atoms with Crippen LogP contribution in [0.2, 0.25) is 0 Å². The molecule has 8 rings (SSSR count). The summed E-state index contributed by atoms with van der Waals surface area (Å²) in [6.07, 6.45) is 4.08. The summed E-state index contributed by atoms with van der Waals surface area (Å²) < 4.78 is 0. The zero-order valence-electron chi connectivity index (χ0n) is 28.8. The van der Waals surface area contributed by atoms with Gasteiger partial charge in [-0.05, 0) is 96.2 Å². The number of rotatable bonds is 8. The van der Waals surface area contributed by atoms with Gasteiger partial charge in [0, 0.05) is 5.41 Å². The highest BCUT2D eigenvalue weighted by Gasteiger charge is 2.37. The summed E-state index contributed by atoms with van der Waals surface area (Å²) in [7, 11) is 0. The highest BCUT2D eigenvalue weighted by molar-refractivity contribution is 5.99. The Labute approximate surface area is 300 Å². The SMILES string of the molecule is CC1(C)c2cc3ccccc3cc2-c2c(-c3ccccc3/C=C/C(NC(N)c3ccccc3)c3ccccc3-c3ccc(C#N)cc3)cccc21. The number of hydrogen-bond acceptors (Lipinski definition) is 3. The Balaban J connectivity index is 1.24. The third-order valence-corrected chi connectivity index (χ3v) is 10.4. The van der Waals surface area contributed by atoms with E-state index in [-0.39, 0.29) is 11.5 Å². The van der Waals surface area contributed by atoms with Gasteiger partial charge in [-0.25, -0.2) is 0 Å². The molecule has 246 valence electrons. The number of benzene rings is 7. The summed E-state index contributed by atoms with van der Waals surface area (Å²) in [5.41, 5.74) is 20.5. The molecule has 0 amide bonds. The summed E-state index contributed by atoms with van der Waals surface area (Å²) >= 11 is 0. The predicted octanol–water partition coefficient (Wildman–Crippen LogP) is 11.4. The Kier molecular flexibility index (Phi) is 8.42. The third kappa shape index (κ3) is 5.96. The van der Waals surface area contributed by atoms with Gasteiger partial charge in [-0.15, -0.1) is 0 Å². The van der Waals surface area contributed by atoms with Crippen LogP contribution in [-0.4, -0.2) is 0 Å². The summed E-state index contributed by atoms with van der Waals surface area (Å²) in [5.74, 6) is 0. The molecule has 3 heteroatoms. The van der Waals surface area contributed by atoms with Crippen LogP contribution in [0.15, 0.2) is 164 Å². The number of nitriles is 1. The molecule has 1 aliphatic carbocycles. The van der Waals surface area contributed by atoms with Gasteiger partial charge in [0.25, 0.3) is 0 Å². The van der Waals surface area contributed by atoms with Gasteiger partial charge in [-0.2, -0.15) is 5.26 Å². The van der Waals surface area contributed by atoms with Crippen LogP contribution in [0.5, 0.6) is 0 Å². The van der Waals surface area contributed by atoms with E-state index in [1.54, 1.807) is 0 Å². The summed E-state index contributed by atoms with van der Waals surface area (Å²) in [6.45, 7) is 4.69. The molecular formula is C48H39N3. The standard InChI is InChI=1S/C48H39N3/c1-48(2)43-22-12-21-41(46(43)42-29-36-16-6-7-17-37(36)30-44(42)48)39-19-9-8-13-33(39)27-28-45(51-47(50)35-14-4-3-5-15-35)40-20-11-10-18-38(40)34-25-23-32(31-49)24-26-34/h3-30,45,47,51H,50H2,1-2H3/b28-27+. The van der Waals surface area contributed by atoms with Crippen molar-refractivity contribution in [3.63, 3.8) is 0 Å². The van der Waals surface area contributed by atoms with Crippen LogP contribution in [0.4, 0.5) is 0 Å². The van der Waals surface area contributed by atoms with Crippen molar-refractivity contribution in [1.82, 2.24) is 5.32 Å². The molecule has 0 aromatic heterocycles. The lowest BCUT2D eigenvalue weighted by Crippen LogP contribution is -2.31. The lowest BCUT2D eigenvalue weighted by atomic mass is 9.81. The second-order valence-electron chi connectivity index (χ2n) is 13.9. The van der Waals surface area contributed by atoms with Crippen LogP contribution in [0.1, 0.15) is 59.4 Å². The lowest BCUT2D eigenvalue weighted by molar-refractivity contribution is 0.510. The van der Waals surface area contributed by atoms with Crippen molar-refractivity contribution in [2.75, 3.05) is 0 Å². The fourth-order valence-electron chi connectivity index (χ4n) is 7.74. The maximum Gasteiger partial charge on any atom is 0.0991 e. The van der Waals surface area contributed by atoms with E-state index < -0.39 is 6.17 Å². The molecule has 0 bridgehead atoms. The molecule has 0 saturated heterocycles. The Morgan fingerprint density at radius 2 is 1.27 bits per heavy atom. The molecule has 2 atom stereocenters. The first kappa shape index (κ1) is 32.2. The Morgan fingerprint density at radius 1 is 0.627 bits per heavy atom. The Morgan fingerprint density at radius 3 is 2.04 bits per heavy atom. The van der Waals surface area contributed by atoms with Crippen molar-refractivity contribution < 1.29 is 0 Å². The third-order valence-electron chi connectivity index (χ3n) is 10.4. The monoisotopic (exact) mass is 657 g/mol. The molecule has 0 radical (unpaired) electrons. The second kappa shape index (κ2) is 13.3. The van der Waals surface area contributed by atoms with Crippen molar-refractivity contribution in [3.05, 3.63) is 197 Å². The topological polar surface area (TPSA) is 61.8 Å². The average molecular weight is 658 g/mol. The van der Waals surface area contributed by atoms with Gasteiger partial charge in [0.15, 0.2) is 0 Å². The molecule has 7 aromatic rings. The van der Waals surface area contributed by atoms with Gasteiger partial charge in [0.05, 0.1) is 23.8 Å². The minimum absolute atomic E-state index is 0.118. The van der Waals surface area contributed by atoms with Crippen molar-refractivity contribution in [2.24, 2.45) is 5.73 Å². The van der Waals surface area contributed by atoms with Crippen LogP contribution in [0.3, 0.4) is 0 Å². The van der Waals surface area contributed by atoms with E-state index in [4.69, 9.17) is 5.73 Å². The summed E-state index contributed by atoms with van der Waals surface area (Å²) in [6, 6.07) is 57.3. The van der Waals surface area contributed by atoms with Crippen molar-refractivity contribution >= 4 is 16.8 Å². The van der Waals surface area contributed by atoms with E-state index in [2.05, 4.69) is 153 Å². The minimum Gasteiger partial charge on any atom is -0.312 e. The molecule has 3 nitrogen and oxygen atoms in total. The van der Waals surface area contributed by atoms with Crippen LogP contribution < -0.4 is 11.1 Å². The Hall–Kier alpha value is -6.05. The highest BCUT2D eigenvalue weighted by Crippen LogP contribution is 2.53. The molecule has 2 unspecified atom stereocenters. The van der Waals surface area contributed by atoms with Gasteiger partial charge in [-0.3, -0.25) is 5.32 Å². The smallest absolute Gasteiger partial charge is 0.0991 e. The maximum absolute atomic E-state index is 9.42. The second-order valence-corrected chi connectivity index (χ2v) is 13.9. The first-order valence-corrected chi connectivity index (χ1v) is 17.5. The zero-order chi connectivity index (χ0) is 35.0. The number of nitrogens with one attached hydrogen (secondary N) is 1. The molecule has 0 aliphatic heterocycles. The van der Waals surface area contributed by atoms with Gasteiger partial charge in [0.1, 0.15) is 0 Å². The van der Waals surface area contributed by atoms with Crippen molar-refractivity contribution in [3.8, 4) is 39.4 Å². The molecule has 0 spiro atoms. The van der Waals surface area contributed by atoms with Gasteiger partial charge in [0.2, 0.25) is 0 Å². The first-order chi connectivity index (χ1) is 24.9. The molecule has 3 N–H and O–H groups in total. The minimum atomic E-state index is -0.393. The maximum atomic E-state index is 9.42. The zero-order valence-corrected chi connectivity index (χ0v) is 28.8. The van der Waals surface area contributed by atoms with Crippen LogP contribution in [0.25, 0.3) is 50.2 Å². The molecule has 7 aromatic carbocycles. The highest BCUT2D eigenvalue weighted by atomic mass is 15.0. The van der Waals surface area contributed by atoms with Crippen molar-refractivity contribution in [2.45, 2.75) is 31.5 Å². The molecule has 51 heavy (non-hydrogen) atoms. The normalized spacial score (nSPS) is 14.2. The number of hydrogen-bond donors (Lipinski definition) is 2. The fraction of sp³-hybridized carbons (Fsp3) is 0.104. The van der Waals surface area contributed by atoms with Gasteiger partial charge >= 0.3 is 0 Å². The van der Waals surface area contributed by atoms with E-state index in [0.29, 0.717) is 5.56 Å². The number of nitrogens with zero attached hydrogens (tertiary/aromatic N) is 1. The predicted molar refractivity (Wildman–Crippen MR) is 212 cm³/mol. The molecular weight excluding hydrogens is 619 g/mol. The van der Waals surface area contributed by atoms with Crippen LogP contribution in [0, 0.1) is 11.3 Å². The van der Waals surface area contributed by atoms with E-state index in [9.17, 15) is 5.26 Å². The van der Waals surface area contributed by atoms with Crippen molar-refractivity contribution in [1.29, 1.82) is 5.26 Å². The van der Waals surface area contributed by atoms with E-state index >= 15 is 0 Å². The average Bonchev–Trinajstić information content (AvgIpc) is 3.41. The van der Waals surface area contributed by atoms with Crippen LogP contribution in [-0.2, 0) is 5.41 Å². The molecule has 0 saturated carbocycles. The van der Waals surface area contributed by atoms with E-state index in [0.717, 1.165) is 27.8 Å². The van der Waals surface area contributed by atoms with Crippen LogP contribution >= 0.6 is 0 Å². The fourth-order valence-corrected chi connectivity index (χ4v) is 7.74. The van der Waals surface area contributed by atoms with E-state index in [1.165, 1.54) is 44.2 Å².